The number of nitrogens with one attached hydrogen (secondary N) is 1. The van der Waals surface area contributed by atoms with Gasteiger partial charge in [0.1, 0.15) is 5.82 Å². The first kappa shape index (κ1) is 13.5. The largest absolute Gasteiger partial charge is 0.321 e. The normalized spacial score (nSPS) is 10.6. The van der Waals surface area contributed by atoms with E-state index in [-0.39, 0.29) is 10.9 Å². The van der Waals surface area contributed by atoms with Crippen molar-refractivity contribution in [2.45, 2.75) is 0 Å². The summed E-state index contributed by atoms with van der Waals surface area (Å²) in [5, 5.41) is 3.69. The van der Waals surface area contributed by atoms with E-state index in [4.69, 9.17) is 11.6 Å². The van der Waals surface area contributed by atoms with Crippen molar-refractivity contribution in [2.24, 2.45) is 0 Å². The minimum Gasteiger partial charge on any atom is -0.321 e. The molecule has 0 spiro atoms. The van der Waals surface area contributed by atoms with Crippen LogP contribution in [0, 0.1) is 5.82 Å². The summed E-state index contributed by atoms with van der Waals surface area (Å²) in [5.74, 6) is -0.794. The lowest BCUT2D eigenvalue weighted by molar-refractivity contribution is 0.102. The number of hydrogen-bond acceptors (Lipinski definition) is 2. The lowest BCUT2D eigenvalue weighted by Crippen LogP contribution is -2.13. The molecule has 0 aliphatic rings. The van der Waals surface area contributed by atoms with E-state index in [0.29, 0.717) is 16.8 Å². The molecule has 3 aromatic rings. The van der Waals surface area contributed by atoms with Crippen molar-refractivity contribution < 1.29 is 9.18 Å². The number of rotatable bonds is 2. The average Bonchev–Trinajstić information content (AvgIpc) is 2.49. The first-order valence-corrected chi connectivity index (χ1v) is 6.63. The molecule has 2 aromatic carbocycles. The Morgan fingerprint density at radius 3 is 2.76 bits per heavy atom. The summed E-state index contributed by atoms with van der Waals surface area (Å²) in [4.78, 5) is 16.6. The van der Waals surface area contributed by atoms with Gasteiger partial charge in [0.05, 0.1) is 21.8 Å². The van der Waals surface area contributed by atoms with Gasteiger partial charge in [-0.05, 0) is 30.3 Å². The van der Waals surface area contributed by atoms with Crippen LogP contribution in [0.1, 0.15) is 10.4 Å². The van der Waals surface area contributed by atoms with Gasteiger partial charge in [-0.15, -0.1) is 0 Å². The van der Waals surface area contributed by atoms with Gasteiger partial charge in [-0.3, -0.25) is 9.78 Å². The Bertz CT molecular complexity index is 830. The molecule has 0 bridgehead atoms. The zero-order valence-electron chi connectivity index (χ0n) is 10.8. The molecule has 21 heavy (non-hydrogen) atoms. The van der Waals surface area contributed by atoms with E-state index in [9.17, 15) is 9.18 Å². The number of nitrogens with zero attached hydrogens (tertiary/aromatic N) is 1. The van der Waals surface area contributed by atoms with Gasteiger partial charge in [0, 0.05) is 11.6 Å². The molecule has 0 aliphatic carbocycles. The molecule has 104 valence electrons. The molecule has 0 unspecified atom stereocenters. The van der Waals surface area contributed by atoms with Gasteiger partial charge in [-0.1, -0.05) is 29.8 Å². The number of hydrogen-bond donors (Lipinski definition) is 1. The standard InChI is InChI=1S/C16H10ClFN2O/c17-13-9-11(18)6-7-14(13)20-16(21)12-5-1-3-10-4-2-8-19-15(10)12/h1-9H,(H,20,21). The Hall–Kier alpha value is -2.46. The predicted molar refractivity (Wildman–Crippen MR) is 81.1 cm³/mol. The molecule has 5 heteroatoms. The fraction of sp³-hybridized carbons (Fsp3) is 0. The number of para-hydroxylation sites is 1. The van der Waals surface area contributed by atoms with Gasteiger partial charge in [0.25, 0.3) is 5.91 Å². The van der Waals surface area contributed by atoms with Crippen molar-refractivity contribution in [1.29, 1.82) is 0 Å². The van der Waals surface area contributed by atoms with Gasteiger partial charge in [-0.25, -0.2) is 4.39 Å². The second kappa shape index (κ2) is 5.50. The Morgan fingerprint density at radius 2 is 1.95 bits per heavy atom. The van der Waals surface area contributed by atoms with Crippen LogP contribution in [-0.2, 0) is 0 Å². The van der Waals surface area contributed by atoms with Crippen LogP contribution in [0.3, 0.4) is 0 Å². The molecule has 3 nitrogen and oxygen atoms in total. The fourth-order valence-corrected chi connectivity index (χ4v) is 2.28. The number of halogens is 2. The topological polar surface area (TPSA) is 42.0 Å². The van der Waals surface area contributed by atoms with Crippen LogP contribution in [0.5, 0.6) is 0 Å². The quantitative estimate of drug-likeness (QED) is 0.767. The van der Waals surface area contributed by atoms with Crippen molar-refractivity contribution in [3.63, 3.8) is 0 Å². The Morgan fingerprint density at radius 1 is 1.14 bits per heavy atom. The highest BCUT2D eigenvalue weighted by Crippen LogP contribution is 2.24. The highest BCUT2D eigenvalue weighted by molar-refractivity contribution is 6.34. The third-order valence-corrected chi connectivity index (χ3v) is 3.37. The molecule has 0 fully saturated rings. The Kier molecular flexibility index (Phi) is 3.54. The number of aromatic nitrogens is 1. The third-order valence-electron chi connectivity index (χ3n) is 3.06. The predicted octanol–water partition coefficient (Wildman–Crippen LogP) is 4.28. The molecule has 3 rings (SSSR count). The zero-order chi connectivity index (χ0) is 14.8. The first-order chi connectivity index (χ1) is 10.1. The maximum Gasteiger partial charge on any atom is 0.257 e. The third kappa shape index (κ3) is 2.71. The Balaban J connectivity index is 1.97. The Labute approximate surface area is 125 Å². The summed E-state index contributed by atoms with van der Waals surface area (Å²) in [6, 6.07) is 12.8. The van der Waals surface area contributed by atoms with E-state index in [1.165, 1.54) is 12.1 Å². The minimum atomic E-state index is -0.454. The van der Waals surface area contributed by atoms with E-state index in [2.05, 4.69) is 10.3 Å². The molecule has 0 saturated heterocycles. The van der Waals surface area contributed by atoms with Crippen LogP contribution < -0.4 is 5.32 Å². The van der Waals surface area contributed by atoms with E-state index >= 15 is 0 Å². The summed E-state index contributed by atoms with van der Waals surface area (Å²) in [7, 11) is 0. The number of fused-ring (bicyclic) bond motifs is 1. The number of carbonyl (C=O) groups excluding carboxylic acids is 1. The van der Waals surface area contributed by atoms with Crippen molar-refractivity contribution in [3.05, 3.63) is 71.1 Å². The van der Waals surface area contributed by atoms with Crippen LogP contribution in [0.25, 0.3) is 10.9 Å². The molecule has 1 N–H and O–H groups in total. The first-order valence-electron chi connectivity index (χ1n) is 6.25. The molecule has 1 amide bonds. The van der Waals surface area contributed by atoms with Gasteiger partial charge < -0.3 is 5.32 Å². The van der Waals surface area contributed by atoms with Crippen molar-refractivity contribution >= 4 is 34.1 Å². The lowest BCUT2D eigenvalue weighted by atomic mass is 10.1. The monoisotopic (exact) mass is 300 g/mol. The number of benzene rings is 2. The zero-order valence-corrected chi connectivity index (χ0v) is 11.6. The van der Waals surface area contributed by atoms with Crippen molar-refractivity contribution in [3.8, 4) is 0 Å². The second-order valence-corrected chi connectivity index (χ2v) is 4.87. The second-order valence-electron chi connectivity index (χ2n) is 4.46. The molecular weight excluding hydrogens is 291 g/mol. The maximum absolute atomic E-state index is 13.0. The molecule has 0 radical (unpaired) electrons. The van der Waals surface area contributed by atoms with E-state index in [0.717, 1.165) is 11.5 Å². The summed E-state index contributed by atoms with van der Waals surface area (Å²) in [5.41, 5.74) is 1.40. The molecular formula is C16H10ClFN2O. The number of amides is 1. The SMILES string of the molecule is O=C(Nc1ccc(F)cc1Cl)c1cccc2cccnc12. The lowest BCUT2D eigenvalue weighted by Gasteiger charge is -2.09. The highest BCUT2D eigenvalue weighted by Gasteiger charge is 2.12. The highest BCUT2D eigenvalue weighted by atomic mass is 35.5. The van der Waals surface area contributed by atoms with Gasteiger partial charge in [0.15, 0.2) is 0 Å². The summed E-state index contributed by atoms with van der Waals surface area (Å²) >= 11 is 5.91. The molecule has 0 aliphatic heterocycles. The molecule has 0 saturated carbocycles. The molecule has 0 atom stereocenters. The van der Waals surface area contributed by atoms with Crippen molar-refractivity contribution in [2.75, 3.05) is 5.32 Å². The number of carbonyl (C=O) groups is 1. The summed E-state index contributed by atoms with van der Waals surface area (Å²) in [6.07, 6.45) is 1.63. The maximum atomic E-state index is 13.0. The van der Waals surface area contributed by atoms with E-state index < -0.39 is 5.82 Å². The summed E-state index contributed by atoms with van der Waals surface area (Å²) in [6.45, 7) is 0. The van der Waals surface area contributed by atoms with E-state index in [1.807, 2.05) is 12.1 Å². The van der Waals surface area contributed by atoms with Gasteiger partial charge in [-0.2, -0.15) is 0 Å². The van der Waals surface area contributed by atoms with Crippen LogP contribution >= 0.6 is 11.6 Å². The number of anilines is 1. The molecule has 1 heterocycles. The minimum absolute atomic E-state index is 0.150. The average molecular weight is 301 g/mol. The van der Waals surface area contributed by atoms with Gasteiger partial charge >= 0.3 is 0 Å². The number of pyridine rings is 1. The van der Waals surface area contributed by atoms with Crippen LogP contribution in [0.2, 0.25) is 5.02 Å². The van der Waals surface area contributed by atoms with Crippen molar-refractivity contribution in [1.82, 2.24) is 4.98 Å². The van der Waals surface area contributed by atoms with Crippen LogP contribution in [-0.4, -0.2) is 10.9 Å². The van der Waals surface area contributed by atoms with Crippen LogP contribution in [0.4, 0.5) is 10.1 Å². The van der Waals surface area contributed by atoms with Gasteiger partial charge in [0.2, 0.25) is 0 Å². The molecule has 1 aromatic heterocycles. The van der Waals surface area contributed by atoms with Crippen LogP contribution in [0.15, 0.2) is 54.7 Å². The smallest absolute Gasteiger partial charge is 0.257 e. The summed E-state index contributed by atoms with van der Waals surface area (Å²) < 4.78 is 13.0. The fourth-order valence-electron chi connectivity index (χ4n) is 2.07. The van der Waals surface area contributed by atoms with E-state index in [1.54, 1.807) is 24.4 Å².